The molecule has 124 valence electrons. The number of rotatable bonds is 2. The molecule has 0 spiro atoms. The van der Waals surface area contributed by atoms with Crippen LogP contribution in [-0.4, -0.2) is 47.2 Å². The molecular formula is C16H16ClN5O2. The van der Waals surface area contributed by atoms with Crippen molar-refractivity contribution < 1.29 is 9.53 Å². The average molecular weight is 346 g/mol. The fourth-order valence-corrected chi connectivity index (χ4v) is 3.10. The predicted octanol–water partition coefficient (Wildman–Crippen LogP) is 1.97. The Kier molecular flexibility index (Phi) is 4.03. The second-order valence-corrected chi connectivity index (χ2v) is 6.03. The van der Waals surface area contributed by atoms with E-state index in [1.54, 1.807) is 17.3 Å². The van der Waals surface area contributed by atoms with Crippen LogP contribution in [0.5, 0.6) is 0 Å². The van der Waals surface area contributed by atoms with Crippen LogP contribution in [0.15, 0.2) is 24.5 Å². The normalized spacial score (nSPS) is 17.8. The smallest absolute Gasteiger partial charge is 0.233 e. The monoisotopic (exact) mass is 345 g/mol. The van der Waals surface area contributed by atoms with E-state index in [4.69, 9.17) is 16.3 Å². The van der Waals surface area contributed by atoms with Crippen LogP contribution < -0.4 is 9.80 Å². The van der Waals surface area contributed by atoms with Crippen molar-refractivity contribution >= 4 is 34.8 Å². The lowest BCUT2D eigenvalue weighted by Crippen LogP contribution is -2.37. The summed E-state index contributed by atoms with van der Waals surface area (Å²) in [7, 11) is 0. The van der Waals surface area contributed by atoms with Crippen LogP contribution in [-0.2, 0) is 16.0 Å². The Bertz CT molecular complexity index is 762. The zero-order chi connectivity index (χ0) is 16.5. The zero-order valence-electron chi connectivity index (χ0n) is 13.0. The number of anilines is 3. The molecule has 2 aromatic heterocycles. The van der Waals surface area contributed by atoms with Crippen molar-refractivity contribution in [1.29, 1.82) is 0 Å². The third kappa shape index (κ3) is 2.81. The summed E-state index contributed by atoms with van der Waals surface area (Å²) in [5.74, 6) is 1.41. The van der Waals surface area contributed by atoms with Gasteiger partial charge < -0.3 is 9.64 Å². The maximum atomic E-state index is 12.4. The van der Waals surface area contributed by atoms with E-state index < -0.39 is 0 Å². The van der Waals surface area contributed by atoms with E-state index in [2.05, 4.69) is 19.9 Å². The first kappa shape index (κ1) is 15.3. The van der Waals surface area contributed by atoms with Gasteiger partial charge in [0.25, 0.3) is 0 Å². The van der Waals surface area contributed by atoms with Crippen LogP contribution in [0.3, 0.4) is 0 Å². The molecule has 0 radical (unpaired) electrons. The lowest BCUT2D eigenvalue weighted by atomic mass is 10.1. The Morgan fingerprint density at radius 1 is 1.08 bits per heavy atom. The molecule has 0 aliphatic carbocycles. The molecule has 0 bridgehead atoms. The van der Waals surface area contributed by atoms with Gasteiger partial charge in [-0.15, -0.1) is 0 Å². The number of aryl methyl sites for hydroxylation is 1. The molecular weight excluding hydrogens is 330 g/mol. The topological polar surface area (TPSA) is 71.5 Å². The third-order valence-corrected chi connectivity index (χ3v) is 4.39. The quantitative estimate of drug-likeness (QED) is 0.775. The number of carbonyl (C=O) groups excluding carboxylic acids is 1. The number of hydrogen-bond acceptors (Lipinski definition) is 6. The molecule has 0 aromatic carbocycles. The maximum absolute atomic E-state index is 12.4. The molecule has 0 N–H and O–H groups in total. The highest BCUT2D eigenvalue weighted by Gasteiger charge is 2.28. The van der Waals surface area contributed by atoms with Crippen molar-refractivity contribution in [1.82, 2.24) is 15.0 Å². The van der Waals surface area contributed by atoms with Crippen LogP contribution in [0.4, 0.5) is 17.3 Å². The fraction of sp³-hybridized carbons (Fsp3) is 0.375. The van der Waals surface area contributed by atoms with Crippen LogP contribution in [0.1, 0.15) is 12.0 Å². The van der Waals surface area contributed by atoms with Crippen LogP contribution in [0.25, 0.3) is 0 Å². The lowest BCUT2D eigenvalue weighted by Gasteiger charge is -2.30. The summed E-state index contributed by atoms with van der Waals surface area (Å²) in [5.41, 5.74) is 1.60. The standard InChI is InChI=1S/C16H16ClN5O2/c17-16-19-9-11-1-4-14(23)22(15(11)20-16)12-2-3-13(18-10-12)21-5-7-24-8-6-21/h2-3,9-10H,1,4-8H2. The largest absolute Gasteiger partial charge is 0.378 e. The number of hydrogen-bond donors (Lipinski definition) is 0. The molecule has 1 saturated heterocycles. The highest BCUT2D eigenvalue weighted by Crippen LogP contribution is 2.33. The summed E-state index contributed by atoms with van der Waals surface area (Å²) >= 11 is 5.91. The molecule has 2 aliphatic rings. The van der Waals surface area contributed by atoms with Gasteiger partial charge in [-0.2, -0.15) is 4.98 Å². The highest BCUT2D eigenvalue weighted by atomic mass is 35.5. The van der Waals surface area contributed by atoms with Crippen LogP contribution in [0, 0.1) is 0 Å². The van der Waals surface area contributed by atoms with E-state index in [1.807, 2.05) is 12.1 Å². The number of fused-ring (bicyclic) bond motifs is 1. The molecule has 1 fully saturated rings. The first-order valence-electron chi connectivity index (χ1n) is 7.85. The Hall–Kier alpha value is -2.25. The zero-order valence-corrected chi connectivity index (χ0v) is 13.7. The predicted molar refractivity (Wildman–Crippen MR) is 89.8 cm³/mol. The van der Waals surface area contributed by atoms with Gasteiger partial charge in [0.1, 0.15) is 11.6 Å². The second-order valence-electron chi connectivity index (χ2n) is 5.69. The van der Waals surface area contributed by atoms with E-state index in [9.17, 15) is 4.79 Å². The molecule has 2 aromatic rings. The number of ether oxygens (including phenoxy) is 1. The van der Waals surface area contributed by atoms with Gasteiger partial charge in [-0.1, -0.05) is 0 Å². The summed E-state index contributed by atoms with van der Waals surface area (Å²) < 4.78 is 5.36. The fourth-order valence-electron chi connectivity index (χ4n) is 2.97. The molecule has 0 atom stereocenters. The number of carbonyl (C=O) groups is 1. The number of nitrogens with zero attached hydrogens (tertiary/aromatic N) is 5. The summed E-state index contributed by atoms with van der Waals surface area (Å²) in [6.07, 6.45) is 4.43. The number of amides is 1. The summed E-state index contributed by atoms with van der Waals surface area (Å²) in [4.78, 5) is 28.9. The molecule has 24 heavy (non-hydrogen) atoms. The number of aromatic nitrogens is 3. The first-order chi connectivity index (χ1) is 11.7. The minimum absolute atomic E-state index is 0.0156. The van der Waals surface area contributed by atoms with Crippen LogP contribution >= 0.6 is 11.6 Å². The Morgan fingerprint density at radius 3 is 2.67 bits per heavy atom. The third-order valence-electron chi connectivity index (χ3n) is 4.21. The van der Waals surface area contributed by atoms with Crippen molar-refractivity contribution in [3.8, 4) is 0 Å². The van der Waals surface area contributed by atoms with Crippen molar-refractivity contribution in [2.75, 3.05) is 36.1 Å². The van der Waals surface area contributed by atoms with Gasteiger partial charge >= 0.3 is 0 Å². The molecule has 0 saturated carbocycles. The number of halogens is 1. The van der Waals surface area contributed by atoms with Gasteiger partial charge in [-0.05, 0) is 30.2 Å². The molecule has 2 aliphatic heterocycles. The minimum Gasteiger partial charge on any atom is -0.378 e. The molecule has 7 nitrogen and oxygen atoms in total. The van der Waals surface area contributed by atoms with E-state index >= 15 is 0 Å². The van der Waals surface area contributed by atoms with Gasteiger partial charge in [0.05, 0.1) is 25.1 Å². The van der Waals surface area contributed by atoms with Gasteiger partial charge in [-0.25, -0.2) is 9.97 Å². The second kappa shape index (κ2) is 6.33. The summed E-state index contributed by atoms with van der Waals surface area (Å²) in [5, 5.41) is 0.131. The van der Waals surface area contributed by atoms with E-state index in [0.717, 1.165) is 24.5 Å². The first-order valence-corrected chi connectivity index (χ1v) is 8.23. The van der Waals surface area contributed by atoms with Crippen molar-refractivity contribution in [3.05, 3.63) is 35.4 Å². The van der Waals surface area contributed by atoms with E-state index in [-0.39, 0.29) is 11.2 Å². The summed E-state index contributed by atoms with van der Waals surface area (Å²) in [6, 6.07) is 3.81. The Morgan fingerprint density at radius 2 is 1.92 bits per heavy atom. The molecule has 4 heterocycles. The average Bonchev–Trinajstić information content (AvgIpc) is 2.62. The minimum atomic E-state index is -0.0156. The van der Waals surface area contributed by atoms with Gasteiger partial charge in [-0.3, -0.25) is 9.69 Å². The van der Waals surface area contributed by atoms with Gasteiger partial charge in [0.15, 0.2) is 0 Å². The molecule has 4 rings (SSSR count). The molecule has 0 unspecified atom stereocenters. The number of pyridine rings is 1. The van der Waals surface area contributed by atoms with Crippen LogP contribution in [0.2, 0.25) is 5.28 Å². The highest BCUT2D eigenvalue weighted by molar-refractivity contribution is 6.28. The number of morpholine rings is 1. The molecule has 8 heteroatoms. The Balaban J connectivity index is 1.66. The van der Waals surface area contributed by atoms with Crippen molar-refractivity contribution in [3.63, 3.8) is 0 Å². The Labute approximate surface area is 144 Å². The summed E-state index contributed by atoms with van der Waals surface area (Å²) in [6.45, 7) is 3.05. The maximum Gasteiger partial charge on any atom is 0.233 e. The van der Waals surface area contributed by atoms with Crippen molar-refractivity contribution in [2.45, 2.75) is 12.8 Å². The molecule has 1 amide bonds. The van der Waals surface area contributed by atoms with E-state index in [1.165, 1.54) is 0 Å². The van der Waals surface area contributed by atoms with Gasteiger partial charge in [0.2, 0.25) is 11.2 Å². The van der Waals surface area contributed by atoms with Gasteiger partial charge in [0, 0.05) is 31.3 Å². The van der Waals surface area contributed by atoms with E-state index in [0.29, 0.717) is 37.6 Å². The lowest BCUT2D eigenvalue weighted by molar-refractivity contribution is -0.118. The van der Waals surface area contributed by atoms with Crippen molar-refractivity contribution in [2.24, 2.45) is 0 Å². The SMILES string of the molecule is O=C1CCc2cnc(Cl)nc2N1c1ccc(N2CCOCC2)nc1.